The monoisotopic (exact) mass is 268 g/mol. The first kappa shape index (κ1) is 14.3. The SMILES string of the molecule is COc1ccc([C@@](C)(CC(C)=O)c2ccccc2)cc1. The number of carbonyl (C=O) groups excluding carboxylic acids is 1. The summed E-state index contributed by atoms with van der Waals surface area (Å²) in [6.45, 7) is 3.76. The number of ether oxygens (including phenoxy) is 1. The van der Waals surface area contributed by atoms with Crippen molar-refractivity contribution in [1.82, 2.24) is 0 Å². The molecule has 0 unspecified atom stereocenters. The highest BCUT2D eigenvalue weighted by atomic mass is 16.5. The maximum Gasteiger partial charge on any atom is 0.131 e. The summed E-state index contributed by atoms with van der Waals surface area (Å²) in [5.74, 6) is 1.01. The van der Waals surface area contributed by atoms with Crippen molar-refractivity contribution in [3.05, 3.63) is 65.7 Å². The van der Waals surface area contributed by atoms with E-state index in [1.54, 1.807) is 14.0 Å². The first-order chi connectivity index (χ1) is 9.56. The lowest BCUT2D eigenvalue weighted by Gasteiger charge is -2.30. The maximum atomic E-state index is 11.7. The van der Waals surface area contributed by atoms with Crippen molar-refractivity contribution in [2.24, 2.45) is 0 Å². The Morgan fingerprint density at radius 3 is 2.05 bits per heavy atom. The highest BCUT2D eigenvalue weighted by Crippen LogP contribution is 2.36. The smallest absolute Gasteiger partial charge is 0.131 e. The van der Waals surface area contributed by atoms with Gasteiger partial charge < -0.3 is 4.74 Å². The molecule has 0 aliphatic carbocycles. The zero-order valence-corrected chi connectivity index (χ0v) is 12.2. The van der Waals surface area contributed by atoms with Crippen LogP contribution in [0.3, 0.4) is 0 Å². The van der Waals surface area contributed by atoms with Crippen LogP contribution in [0.15, 0.2) is 54.6 Å². The molecular weight excluding hydrogens is 248 g/mol. The van der Waals surface area contributed by atoms with Crippen LogP contribution in [0.1, 0.15) is 31.4 Å². The molecule has 2 rings (SSSR count). The van der Waals surface area contributed by atoms with Crippen LogP contribution in [0, 0.1) is 0 Å². The molecule has 2 heteroatoms. The third-order valence-electron chi connectivity index (χ3n) is 3.74. The third kappa shape index (κ3) is 2.90. The summed E-state index contributed by atoms with van der Waals surface area (Å²) in [5.41, 5.74) is 1.97. The van der Waals surface area contributed by atoms with E-state index < -0.39 is 0 Å². The predicted molar refractivity (Wildman–Crippen MR) is 81.2 cm³/mol. The van der Waals surface area contributed by atoms with E-state index >= 15 is 0 Å². The van der Waals surface area contributed by atoms with Crippen LogP contribution < -0.4 is 4.74 Å². The number of Topliss-reactive ketones (excluding diaryl/α,β-unsaturated/α-hetero) is 1. The fourth-order valence-electron chi connectivity index (χ4n) is 2.63. The van der Waals surface area contributed by atoms with E-state index in [0.29, 0.717) is 6.42 Å². The van der Waals surface area contributed by atoms with Crippen molar-refractivity contribution >= 4 is 5.78 Å². The van der Waals surface area contributed by atoms with Crippen molar-refractivity contribution in [1.29, 1.82) is 0 Å². The van der Waals surface area contributed by atoms with Gasteiger partial charge in [0.05, 0.1) is 7.11 Å². The second-order valence-corrected chi connectivity index (χ2v) is 5.31. The van der Waals surface area contributed by atoms with Crippen LogP contribution in [-0.4, -0.2) is 12.9 Å². The zero-order chi connectivity index (χ0) is 14.6. The second kappa shape index (κ2) is 5.91. The number of carbonyl (C=O) groups is 1. The molecule has 0 amide bonds. The predicted octanol–water partition coefficient (Wildman–Crippen LogP) is 3.98. The number of hydrogen-bond acceptors (Lipinski definition) is 2. The Kier molecular flexibility index (Phi) is 4.23. The Hall–Kier alpha value is -2.09. The minimum absolute atomic E-state index is 0.187. The lowest BCUT2D eigenvalue weighted by molar-refractivity contribution is -0.117. The van der Waals surface area contributed by atoms with E-state index in [-0.39, 0.29) is 11.2 Å². The summed E-state index contributed by atoms with van der Waals surface area (Å²) in [5, 5.41) is 0. The topological polar surface area (TPSA) is 26.3 Å². The fraction of sp³-hybridized carbons (Fsp3) is 0.278. The van der Waals surface area contributed by atoms with Gasteiger partial charge in [-0.15, -0.1) is 0 Å². The molecule has 2 nitrogen and oxygen atoms in total. The van der Waals surface area contributed by atoms with Gasteiger partial charge in [0.25, 0.3) is 0 Å². The number of benzene rings is 2. The molecule has 0 aliphatic heterocycles. The lowest BCUT2D eigenvalue weighted by Crippen LogP contribution is -2.26. The van der Waals surface area contributed by atoms with E-state index in [1.807, 2.05) is 42.5 Å². The minimum atomic E-state index is -0.306. The molecular formula is C18H20O2. The third-order valence-corrected chi connectivity index (χ3v) is 3.74. The van der Waals surface area contributed by atoms with Gasteiger partial charge in [0.1, 0.15) is 11.5 Å². The highest BCUT2D eigenvalue weighted by molar-refractivity contribution is 5.78. The highest BCUT2D eigenvalue weighted by Gasteiger charge is 2.30. The zero-order valence-electron chi connectivity index (χ0n) is 12.2. The van der Waals surface area contributed by atoms with Gasteiger partial charge in [-0.1, -0.05) is 49.4 Å². The van der Waals surface area contributed by atoms with E-state index in [4.69, 9.17) is 4.74 Å². The molecule has 0 aliphatic rings. The molecule has 0 fully saturated rings. The molecule has 2 aromatic carbocycles. The normalized spacial score (nSPS) is 13.6. The van der Waals surface area contributed by atoms with Crippen molar-refractivity contribution in [2.45, 2.75) is 25.7 Å². The van der Waals surface area contributed by atoms with Gasteiger partial charge >= 0.3 is 0 Å². The molecule has 1 atom stereocenters. The van der Waals surface area contributed by atoms with Crippen LogP contribution in [0.4, 0.5) is 0 Å². The molecule has 104 valence electrons. The summed E-state index contributed by atoms with van der Waals surface area (Å²) in [6.07, 6.45) is 0.489. The minimum Gasteiger partial charge on any atom is -0.497 e. The standard InChI is InChI=1S/C18H20O2/c1-14(19)13-18(2,15-7-5-4-6-8-15)16-9-11-17(20-3)12-10-16/h4-12H,13H2,1-3H3/t18-/m0/s1. The van der Waals surface area contributed by atoms with E-state index in [2.05, 4.69) is 19.1 Å². The molecule has 0 radical (unpaired) electrons. The molecule has 0 N–H and O–H groups in total. The Morgan fingerprint density at radius 2 is 1.55 bits per heavy atom. The summed E-state index contributed by atoms with van der Waals surface area (Å²) in [7, 11) is 1.65. The summed E-state index contributed by atoms with van der Waals surface area (Å²) in [6, 6.07) is 18.1. The van der Waals surface area contributed by atoms with Crippen LogP contribution in [0.25, 0.3) is 0 Å². The molecule has 0 aromatic heterocycles. The van der Waals surface area contributed by atoms with Crippen molar-refractivity contribution in [3.8, 4) is 5.75 Å². The quantitative estimate of drug-likeness (QED) is 0.820. The average Bonchev–Trinajstić information content (AvgIpc) is 2.47. The number of methoxy groups -OCH3 is 1. The Bertz CT molecular complexity index is 572. The Balaban J connectivity index is 2.48. The van der Waals surface area contributed by atoms with Crippen LogP contribution in [0.5, 0.6) is 5.75 Å². The molecule has 0 saturated heterocycles. The largest absolute Gasteiger partial charge is 0.497 e. The van der Waals surface area contributed by atoms with Gasteiger partial charge in [0.2, 0.25) is 0 Å². The summed E-state index contributed by atoms with van der Waals surface area (Å²) >= 11 is 0. The number of hydrogen-bond donors (Lipinski definition) is 0. The van der Waals surface area contributed by atoms with Crippen LogP contribution in [0.2, 0.25) is 0 Å². The lowest BCUT2D eigenvalue weighted by atomic mass is 9.73. The van der Waals surface area contributed by atoms with Crippen molar-refractivity contribution in [3.63, 3.8) is 0 Å². The van der Waals surface area contributed by atoms with Gasteiger partial charge in [-0.2, -0.15) is 0 Å². The Morgan fingerprint density at radius 1 is 1.00 bits per heavy atom. The molecule has 20 heavy (non-hydrogen) atoms. The van der Waals surface area contributed by atoms with Crippen molar-refractivity contribution < 1.29 is 9.53 Å². The molecule has 0 heterocycles. The van der Waals surface area contributed by atoms with Crippen LogP contribution in [-0.2, 0) is 10.2 Å². The van der Waals surface area contributed by atoms with Gasteiger partial charge in [0.15, 0.2) is 0 Å². The van der Waals surface area contributed by atoms with Crippen LogP contribution >= 0.6 is 0 Å². The van der Waals surface area contributed by atoms with Gasteiger partial charge in [-0.05, 0) is 30.2 Å². The molecule has 0 saturated carbocycles. The van der Waals surface area contributed by atoms with Gasteiger partial charge in [0, 0.05) is 11.8 Å². The molecule has 0 spiro atoms. The summed E-state index contributed by atoms with van der Waals surface area (Å²) < 4.78 is 5.20. The molecule has 2 aromatic rings. The van der Waals surface area contributed by atoms with Gasteiger partial charge in [-0.3, -0.25) is 4.79 Å². The molecule has 0 bridgehead atoms. The fourth-order valence-corrected chi connectivity index (χ4v) is 2.63. The number of ketones is 1. The van der Waals surface area contributed by atoms with E-state index in [0.717, 1.165) is 16.9 Å². The average molecular weight is 268 g/mol. The van der Waals surface area contributed by atoms with Crippen molar-refractivity contribution in [2.75, 3.05) is 7.11 Å². The first-order valence-electron chi connectivity index (χ1n) is 6.76. The van der Waals surface area contributed by atoms with Gasteiger partial charge in [-0.25, -0.2) is 0 Å². The Labute approximate surface area is 120 Å². The summed E-state index contributed by atoms with van der Waals surface area (Å²) in [4.78, 5) is 11.7. The van der Waals surface area contributed by atoms with E-state index in [9.17, 15) is 4.79 Å². The first-order valence-corrected chi connectivity index (χ1v) is 6.76. The second-order valence-electron chi connectivity index (χ2n) is 5.31. The number of rotatable bonds is 5. The maximum absolute atomic E-state index is 11.7. The van der Waals surface area contributed by atoms with E-state index in [1.165, 1.54) is 0 Å².